The minimum absolute atomic E-state index is 0.0875. The topological polar surface area (TPSA) is 92.7 Å². The molecule has 0 aliphatic rings. The van der Waals surface area contributed by atoms with E-state index in [1.165, 1.54) is 0 Å². The molecule has 0 saturated heterocycles. The highest BCUT2D eigenvalue weighted by atomic mass is 16.5. The van der Waals surface area contributed by atoms with E-state index in [2.05, 4.69) is 73.0 Å². The molecule has 0 aromatic rings. The van der Waals surface area contributed by atoms with Gasteiger partial charge in [-0.25, -0.2) is 0 Å². The summed E-state index contributed by atoms with van der Waals surface area (Å²) >= 11 is 0. The first-order chi connectivity index (χ1) is 17.2. The standard InChI is InChI=1S/C30H47NO5/c1-5-6-7-8-9-10-11-12-13-14-15-16-17-18-19-20-21-22-28(34)36-25-30(3,4)26(2)29(35)31-24-23-27(32)33/h6-7,9-10,12-13,15-16,18-19,26H,5,8,11,14,17,20-25H2,1-4H3,(H,31,35)(H,32,33)/b7-6-,10-9-,13-12-,16-15-,19-18-/t26-/m1/s1. The van der Waals surface area contributed by atoms with Gasteiger partial charge in [-0.3, -0.25) is 14.4 Å². The number of nitrogens with one attached hydrogen (secondary N) is 1. The van der Waals surface area contributed by atoms with Crippen molar-refractivity contribution in [3.63, 3.8) is 0 Å². The van der Waals surface area contributed by atoms with E-state index in [0.717, 1.165) is 44.9 Å². The Morgan fingerprint density at radius 1 is 0.833 bits per heavy atom. The summed E-state index contributed by atoms with van der Waals surface area (Å²) in [4.78, 5) is 34.8. The second kappa shape index (κ2) is 21.4. The molecular formula is C30H47NO5. The summed E-state index contributed by atoms with van der Waals surface area (Å²) in [5.41, 5.74) is -0.549. The molecule has 202 valence electrons. The van der Waals surface area contributed by atoms with Crippen molar-refractivity contribution in [3.8, 4) is 0 Å². The van der Waals surface area contributed by atoms with Gasteiger partial charge in [0, 0.05) is 24.3 Å². The van der Waals surface area contributed by atoms with Crippen LogP contribution in [0.1, 0.15) is 85.5 Å². The number of carboxylic acid groups (broad SMARTS) is 1. The summed E-state index contributed by atoms with van der Waals surface area (Å²) in [6.07, 6.45) is 28.2. The Labute approximate surface area is 218 Å². The Morgan fingerprint density at radius 3 is 1.83 bits per heavy atom. The van der Waals surface area contributed by atoms with E-state index >= 15 is 0 Å². The number of aliphatic carboxylic acids is 1. The van der Waals surface area contributed by atoms with E-state index in [1.54, 1.807) is 6.92 Å². The minimum atomic E-state index is -0.958. The molecule has 0 bridgehead atoms. The van der Waals surface area contributed by atoms with Crippen molar-refractivity contribution >= 4 is 17.8 Å². The number of ether oxygens (including phenoxy) is 1. The van der Waals surface area contributed by atoms with Gasteiger partial charge in [-0.2, -0.15) is 0 Å². The van der Waals surface area contributed by atoms with Crippen molar-refractivity contribution in [1.29, 1.82) is 0 Å². The van der Waals surface area contributed by atoms with Crippen LogP contribution in [-0.2, 0) is 19.1 Å². The number of carbonyl (C=O) groups is 3. The van der Waals surface area contributed by atoms with Crippen molar-refractivity contribution in [1.82, 2.24) is 5.32 Å². The number of rotatable bonds is 20. The van der Waals surface area contributed by atoms with Gasteiger partial charge in [0.25, 0.3) is 0 Å². The van der Waals surface area contributed by atoms with Crippen molar-refractivity contribution in [2.45, 2.75) is 85.5 Å². The highest BCUT2D eigenvalue weighted by Crippen LogP contribution is 2.27. The van der Waals surface area contributed by atoms with Gasteiger partial charge in [0.15, 0.2) is 0 Å². The van der Waals surface area contributed by atoms with Crippen LogP contribution < -0.4 is 5.32 Å². The fourth-order valence-electron chi connectivity index (χ4n) is 3.00. The molecule has 0 aromatic carbocycles. The first-order valence-electron chi connectivity index (χ1n) is 13.1. The Bertz CT molecular complexity index is 774. The molecule has 0 heterocycles. The van der Waals surface area contributed by atoms with Crippen molar-refractivity contribution in [2.24, 2.45) is 11.3 Å². The normalized spacial score (nSPS) is 13.4. The highest BCUT2D eigenvalue weighted by molar-refractivity contribution is 5.79. The monoisotopic (exact) mass is 501 g/mol. The van der Waals surface area contributed by atoms with Crippen LogP contribution in [0.3, 0.4) is 0 Å². The number of allylic oxidation sites excluding steroid dienone is 10. The molecule has 0 unspecified atom stereocenters. The van der Waals surface area contributed by atoms with Crippen molar-refractivity contribution in [2.75, 3.05) is 13.2 Å². The third kappa shape index (κ3) is 19.4. The summed E-state index contributed by atoms with van der Waals surface area (Å²) in [7, 11) is 0. The number of carboxylic acids is 1. The predicted octanol–water partition coefficient (Wildman–Crippen LogP) is 6.70. The number of hydrogen-bond donors (Lipinski definition) is 2. The summed E-state index contributed by atoms with van der Waals surface area (Å²) in [6, 6.07) is 0. The molecule has 0 fully saturated rings. The lowest BCUT2D eigenvalue weighted by Crippen LogP contribution is -2.40. The summed E-state index contributed by atoms with van der Waals surface area (Å²) in [5.74, 6) is -1.88. The van der Waals surface area contributed by atoms with Crippen LogP contribution in [0.5, 0.6) is 0 Å². The van der Waals surface area contributed by atoms with Gasteiger partial charge in [-0.05, 0) is 44.9 Å². The van der Waals surface area contributed by atoms with E-state index in [9.17, 15) is 14.4 Å². The van der Waals surface area contributed by atoms with Crippen LogP contribution in [0.4, 0.5) is 0 Å². The van der Waals surface area contributed by atoms with E-state index in [0.29, 0.717) is 6.42 Å². The number of amides is 1. The van der Waals surface area contributed by atoms with Crippen molar-refractivity contribution < 1.29 is 24.2 Å². The fraction of sp³-hybridized carbons (Fsp3) is 0.567. The zero-order valence-corrected chi connectivity index (χ0v) is 22.7. The molecule has 0 rings (SSSR count). The quantitative estimate of drug-likeness (QED) is 0.110. The van der Waals surface area contributed by atoms with Crippen LogP contribution in [0.2, 0.25) is 0 Å². The first kappa shape index (κ1) is 33.1. The third-order valence-electron chi connectivity index (χ3n) is 5.72. The number of hydrogen-bond acceptors (Lipinski definition) is 4. The van der Waals surface area contributed by atoms with Crippen molar-refractivity contribution in [3.05, 3.63) is 60.8 Å². The summed E-state index contributed by atoms with van der Waals surface area (Å²) < 4.78 is 5.39. The molecular weight excluding hydrogens is 454 g/mol. The Morgan fingerprint density at radius 2 is 1.33 bits per heavy atom. The molecule has 0 radical (unpaired) electrons. The average Bonchev–Trinajstić information content (AvgIpc) is 2.83. The molecule has 0 aromatic heterocycles. The molecule has 36 heavy (non-hydrogen) atoms. The molecule has 2 N–H and O–H groups in total. The van der Waals surface area contributed by atoms with Gasteiger partial charge in [0.2, 0.25) is 5.91 Å². The highest BCUT2D eigenvalue weighted by Gasteiger charge is 2.32. The van der Waals surface area contributed by atoms with Gasteiger partial charge in [0.1, 0.15) is 0 Å². The maximum absolute atomic E-state index is 12.2. The summed E-state index contributed by atoms with van der Waals surface area (Å²) in [6.45, 7) is 7.84. The van der Waals surface area contributed by atoms with Gasteiger partial charge in [-0.1, -0.05) is 88.5 Å². The van der Waals surface area contributed by atoms with E-state index in [-0.39, 0.29) is 31.4 Å². The molecule has 0 aliphatic carbocycles. The SMILES string of the molecule is CC/C=C\C/C=C\C/C=C\C/C=C\C/C=C\CCCC(=O)OCC(C)(C)[C@H](C)C(=O)NCCC(=O)O. The van der Waals surface area contributed by atoms with E-state index < -0.39 is 17.3 Å². The summed E-state index contributed by atoms with van der Waals surface area (Å²) in [5, 5.41) is 11.3. The molecule has 1 atom stereocenters. The van der Waals surface area contributed by atoms with Crippen LogP contribution in [0.15, 0.2) is 60.8 Å². The molecule has 0 aliphatic heterocycles. The first-order valence-corrected chi connectivity index (χ1v) is 13.1. The third-order valence-corrected chi connectivity index (χ3v) is 5.72. The Balaban J connectivity index is 3.92. The van der Waals surface area contributed by atoms with Crippen LogP contribution in [-0.4, -0.2) is 36.1 Å². The van der Waals surface area contributed by atoms with Gasteiger partial charge >= 0.3 is 11.9 Å². The smallest absolute Gasteiger partial charge is 0.305 e. The number of carbonyl (C=O) groups excluding carboxylic acids is 2. The Kier molecular flexibility index (Phi) is 19.7. The fourth-order valence-corrected chi connectivity index (χ4v) is 3.00. The second-order valence-corrected chi connectivity index (χ2v) is 9.41. The van der Waals surface area contributed by atoms with Gasteiger partial charge < -0.3 is 15.2 Å². The van der Waals surface area contributed by atoms with E-state index in [4.69, 9.17) is 9.84 Å². The minimum Gasteiger partial charge on any atom is -0.481 e. The zero-order chi connectivity index (χ0) is 27.1. The second-order valence-electron chi connectivity index (χ2n) is 9.41. The zero-order valence-electron chi connectivity index (χ0n) is 22.7. The number of esters is 1. The van der Waals surface area contributed by atoms with Crippen LogP contribution >= 0.6 is 0 Å². The lowest BCUT2D eigenvalue weighted by atomic mass is 9.80. The maximum Gasteiger partial charge on any atom is 0.305 e. The Hall–Kier alpha value is -2.89. The predicted molar refractivity (Wildman–Crippen MR) is 147 cm³/mol. The van der Waals surface area contributed by atoms with Gasteiger partial charge in [-0.15, -0.1) is 0 Å². The largest absolute Gasteiger partial charge is 0.481 e. The van der Waals surface area contributed by atoms with E-state index in [1.807, 2.05) is 13.8 Å². The number of unbranched alkanes of at least 4 members (excludes halogenated alkanes) is 1. The van der Waals surface area contributed by atoms with Crippen LogP contribution in [0, 0.1) is 11.3 Å². The molecule has 6 nitrogen and oxygen atoms in total. The van der Waals surface area contributed by atoms with Crippen LogP contribution in [0.25, 0.3) is 0 Å². The maximum atomic E-state index is 12.2. The molecule has 0 spiro atoms. The lowest BCUT2D eigenvalue weighted by Gasteiger charge is -2.30. The molecule has 6 heteroatoms. The molecule has 1 amide bonds. The lowest BCUT2D eigenvalue weighted by molar-refractivity contribution is -0.150. The molecule has 0 saturated carbocycles. The average molecular weight is 502 g/mol. The van der Waals surface area contributed by atoms with Gasteiger partial charge in [0.05, 0.1) is 13.0 Å².